The number of nitrogens with zero attached hydrogens (tertiary/aromatic N) is 4. The topological polar surface area (TPSA) is 54.9 Å². The van der Waals surface area contributed by atoms with Crippen LogP contribution in [0.4, 0.5) is 17.2 Å². The van der Waals surface area contributed by atoms with Crippen LogP contribution in [0.2, 0.25) is 0 Å². The van der Waals surface area contributed by atoms with E-state index in [0.29, 0.717) is 5.82 Å². The zero-order valence-electron chi connectivity index (χ0n) is 12.4. The lowest BCUT2D eigenvalue weighted by Crippen LogP contribution is -2.34. The third kappa shape index (κ3) is 2.32. The summed E-state index contributed by atoms with van der Waals surface area (Å²) in [5.74, 6) is 0.315. The number of anilines is 1. The van der Waals surface area contributed by atoms with Crippen LogP contribution in [0.25, 0.3) is 0 Å². The lowest BCUT2D eigenvalue weighted by molar-refractivity contribution is -0.591. The van der Waals surface area contributed by atoms with Gasteiger partial charge < -0.3 is 10.1 Å². The molecule has 0 amide bonds. The van der Waals surface area contributed by atoms with Crippen LogP contribution in [0.1, 0.15) is 24.0 Å². The van der Waals surface area contributed by atoms with Crippen molar-refractivity contribution in [2.45, 2.75) is 25.7 Å². The smallest absolute Gasteiger partial charge is 0.353 e. The van der Waals surface area contributed by atoms with E-state index in [4.69, 9.17) is 0 Å². The Morgan fingerprint density at radius 3 is 2.41 bits per heavy atom. The van der Waals surface area contributed by atoms with E-state index in [0.717, 1.165) is 23.3 Å². The zero-order chi connectivity index (χ0) is 14.9. The second-order valence-electron chi connectivity index (χ2n) is 5.89. The van der Waals surface area contributed by atoms with Gasteiger partial charge >= 0.3 is 5.82 Å². The molecule has 22 heavy (non-hydrogen) atoms. The molecular weight excluding hydrogens is 276 g/mol. The molecule has 0 atom stereocenters. The second kappa shape index (κ2) is 5.40. The molecule has 0 saturated heterocycles. The standard InChI is InChI=1S/C17H18N4O/c22-21-10-2-1-7-16(21)19-18-15-11-13-5-3-8-20-9-4-6-14(12-15)17(13)20/h1-2,7,10-12H,3-6,8-9H2. The van der Waals surface area contributed by atoms with E-state index in [2.05, 4.69) is 27.3 Å². The van der Waals surface area contributed by atoms with E-state index in [-0.39, 0.29) is 0 Å². The van der Waals surface area contributed by atoms with Crippen molar-refractivity contribution in [2.75, 3.05) is 18.0 Å². The van der Waals surface area contributed by atoms with Crippen LogP contribution in [-0.4, -0.2) is 13.1 Å². The van der Waals surface area contributed by atoms with Crippen molar-refractivity contribution in [1.29, 1.82) is 0 Å². The highest BCUT2D eigenvalue weighted by Crippen LogP contribution is 2.38. The predicted octanol–water partition coefficient (Wildman–Crippen LogP) is 3.43. The average Bonchev–Trinajstić information content (AvgIpc) is 2.55. The number of pyridine rings is 1. The van der Waals surface area contributed by atoms with Gasteiger partial charge in [0.1, 0.15) is 5.69 Å². The first-order valence-corrected chi connectivity index (χ1v) is 7.82. The van der Waals surface area contributed by atoms with Gasteiger partial charge in [0.2, 0.25) is 0 Å². The molecule has 0 aliphatic carbocycles. The Morgan fingerprint density at radius 1 is 1.00 bits per heavy atom. The molecule has 5 heteroatoms. The van der Waals surface area contributed by atoms with E-state index < -0.39 is 0 Å². The van der Waals surface area contributed by atoms with Crippen LogP contribution in [0.5, 0.6) is 0 Å². The van der Waals surface area contributed by atoms with E-state index in [1.807, 2.05) is 0 Å². The average molecular weight is 294 g/mol. The van der Waals surface area contributed by atoms with Gasteiger partial charge in [0, 0.05) is 24.8 Å². The first kappa shape index (κ1) is 13.2. The number of benzene rings is 1. The molecule has 0 bridgehead atoms. The number of aromatic nitrogens is 1. The molecular formula is C17H18N4O. The normalized spacial score (nSPS) is 16.8. The van der Waals surface area contributed by atoms with Crippen molar-refractivity contribution in [2.24, 2.45) is 10.2 Å². The summed E-state index contributed by atoms with van der Waals surface area (Å²) in [6.07, 6.45) is 6.05. The highest BCUT2D eigenvalue weighted by Gasteiger charge is 2.24. The Kier molecular flexibility index (Phi) is 3.25. The third-order valence-electron chi connectivity index (χ3n) is 4.39. The number of aryl methyl sites for hydroxylation is 2. The highest BCUT2D eigenvalue weighted by atomic mass is 16.5. The fourth-order valence-electron chi connectivity index (χ4n) is 3.45. The van der Waals surface area contributed by atoms with Gasteiger partial charge in [-0.15, -0.1) is 0 Å². The van der Waals surface area contributed by atoms with E-state index in [9.17, 15) is 5.21 Å². The molecule has 0 fully saturated rings. The Labute approximate surface area is 129 Å². The summed E-state index contributed by atoms with van der Waals surface area (Å²) in [6, 6.07) is 9.39. The Hall–Kier alpha value is -2.43. The Morgan fingerprint density at radius 2 is 1.73 bits per heavy atom. The summed E-state index contributed by atoms with van der Waals surface area (Å²) in [5, 5.41) is 20.0. The van der Waals surface area contributed by atoms with Crippen LogP contribution in [-0.2, 0) is 12.8 Å². The summed E-state index contributed by atoms with van der Waals surface area (Å²) < 4.78 is 0.730. The number of hydrogen-bond acceptors (Lipinski definition) is 4. The largest absolute Gasteiger partial charge is 0.710 e. The molecule has 4 rings (SSSR count). The molecule has 2 aliphatic heterocycles. The van der Waals surface area contributed by atoms with E-state index >= 15 is 0 Å². The molecule has 0 saturated carbocycles. The minimum Gasteiger partial charge on any atom is -0.710 e. The number of azo groups is 1. The van der Waals surface area contributed by atoms with Crippen LogP contribution in [0.3, 0.4) is 0 Å². The van der Waals surface area contributed by atoms with Crippen molar-refractivity contribution in [3.8, 4) is 0 Å². The van der Waals surface area contributed by atoms with E-state index in [1.54, 1.807) is 18.2 Å². The van der Waals surface area contributed by atoms with Crippen LogP contribution in [0, 0.1) is 5.21 Å². The summed E-state index contributed by atoms with van der Waals surface area (Å²) >= 11 is 0. The van der Waals surface area contributed by atoms with Crippen molar-refractivity contribution >= 4 is 17.2 Å². The quantitative estimate of drug-likeness (QED) is 0.484. The van der Waals surface area contributed by atoms with Gasteiger partial charge in [-0.2, -0.15) is 0 Å². The number of rotatable bonds is 2. The van der Waals surface area contributed by atoms with Gasteiger partial charge in [-0.1, -0.05) is 6.07 Å². The van der Waals surface area contributed by atoms with Crippen LogP contribution >= 0.6 is 0 Å². The molecule has 0 spiro atoms. The molecule has 0 unspecified atom stereocenters. The van der Waals surface area contributed by atoms with Gasteiger partial charge in [-0.05, 0) is 60.1 Å². The van der Waals surface area contributed by atoms with Gasteiger partial charge in [0.25, 0.3) is 0 Å². The summed E-state index contributed by atoms with van der Waals surface area (Å²) in [7, 11) is 0. The fourth-order valence-corrected chi connectivity index (χ4v) is 3.45. The van der Waals surface area contributed by atoms with Crippen molar-refractivity contribution in [3.63, 3.8) is 0 Å². The molecule has 0 radical (unpaired) electrons. The molecule has 5 nitrogen and oxygen atoms in total. The first-order chi connectivity index (χ1) is 10.8. The monoisotopic (exact) mass is 294 g/mol. The molecule has 2 aromatic rings. The SMILES string of the molecule is [O-][n+]1ccccc1N=Nc1cc2c3c(c1)CCCN3CCC2. The summed E-state index contributed by atoms with van der Waals surface area (Å²) in [5.41, 5.74) is 5.03. The first-order valence-electron chi connectivity index (χ1n) is 7.82. The van der Waals surface area contributed by atoms with Crippen LogP contribution < -0.4 is 9.63 Å². The maximum atomic E-state index is 11.6. The zero-order valence-corrected chi connectivity index (χ0v) is 12.4. The molecule has 3 heterocycles. The van der Waals surface area contributed by atoms with Gasteiger partial charge in [0.05, 0.1) is 11.3 Å². The second-order valence-corrected chi connectivity index (χ2v) is 5.89. The maximum absolute atomic E-state index is 11.6. The molecule has 0 N–H and O–H groups in total. The van der Waals surface area contributed by atoms with Gasteiger partial charge in [-0.25, -0.2) is 4.73 Å². The lowest BCUT2D eigenvalue weighted by Gasteiger charge is -2.36. The predicted molar refractivity (Wildman–Crippen MR) is 84.9 cm³/mol. The molecule has 2 aliphatic rings. The fraction of sp³-hybridized carbons (Fsp3) is 0.353. The van der Waals surface area contributed by atoms with Crippen molar-refractivity contribution in [1.82, 2.24) is 0 Å². The summed E-state index contributed by atoms with van der Waals surface area (Å²) in [4.78, 5) is 2.50. The third-order valence-corrected chi connectivity index (χ3v) is 4.39. The minimum absolute atomic E-state index is 0.315. The number of hydrogen-bond donors (Lipinski definition) is 0. The van der Waals surface area contributed by atoms with Crippen LogP contribution in [0.15, 0.2) is 46.8 Å². The minimum atomic E-state index is 0.315. The Bertz CT molecular complexity index is 710. The highest BCUT2D eigenvalue weighted by molar-refractivity contribution is 5.67. The van der Waals surface area contributed by atoms with Crippen molar-refractivity contribution < 1.29 is 4.73 Å². The maximum Gasteiger partial charge on any atom is 0.353 e. The molecule has 112 valence electrons. The Balaban J connectivity index is 1.70. The molecule has 1 aromatic heterocycles. The van der Waals surface area contributed by atoms with Gasteiger partial charge in [0.15, 0.2) is 0 Å². The molecule has 1 aromatic carbocycles. The lowest BCUT2D eigenvalue weighted by atomic mass is 9.91. The summed E-state index contributed by atoms with van der Waals surface area (Å²) in [6.45, 7) is 2.34. The van der Waals surface area contributed by atoms with Crippen molar-refractivity contribution in [3.05, 3.63) is 52.9 Å². The van der Waals surface area contributed by atoms with Gasteiger partial charge in [-0.3, -0.25) is 0 Å². The van der Waals surface area contributed by atoms with E-state index in [1.165, 1.54) is 48.9 Å².